The van der Waals surface area contributed by atoms with Crippen LogP contribution in [-0.2, 0) is 9.47 Å². The highest BCUT2D eigenvalue weighted by molar-refractivity contribution is 4.84. The fraction of sp³-hybridized carbons (Fsp3) is 0.826. The molecule has 0 bridgehead atoms. The molecule has 2 nitrogen and oxygen atoms in total. The normalized spacial score (nSPS) is 12.9. The van der Waals surface area contributed by atoms with E-state index >= 15 is 0 Å². The van der Waals surface area contributed by atoms with Crippen LogP contribution in [0, 0.1) is 5.41 Å². The van der Waals surface area contributed by atoms with Crippen molar-refractivity contribution in [2.45, 2.75) is 105 Å². The summed E-state index contributed by atoms with van der Waals surface area (Å²) in [5.41, 5.74) is -0.00999. The van der Waals surface area contributed by atoms with Crippen molar-refractivity contribution < 1.29 is 9.47 Å². The van der Waals surface area contributed by atoms with Crippen LogP contribution in [0.25, 0.3) is 0 Å². The Balaban J connectivity index is 3.90. The van der Waals surface area contributed by atoms with Gasteiger partial charge in [-0.15, -0.1) is 0 Å². The Bertz CT molecular complexity index is 299. The van der Waals surface area contributed by atoms with Gasteiger partial charge < -0.3 is 9.47 Å². The van der Waals surface area contributed by atoms with E-state index in [2.05, 4.69) is 58.9 Å². The van der Waals surface area contributed by atoms with Crippen LogP contribution >= 0.6 is 0 Å². The summed E-state index contributed by atoms with van der Waals surface area (Å²) in [6.07, 6.45) is 21.4. The van der Waals surface area contributed by atoms with Crippen molar-refractivity contribution in [3.05, 3.63) is 24.3 Å². The predicted octanol–water partition coefficient (Wildman–Crippen LogP) is 7.45. The lowest BCUT2D eigenvalue weighted by Crippen LogP contribution is -2.32. The maximum absolute atomic E-state index is 5.95. The van der Waals surface area contributed by atoms with Crippen molar-refractivity contribution in [3.8, 4) is 0 Å². The fourth-order valence-corrected chi connectivity index (χ4v) is 2.58. The van der Waals surface area contributed by atoms with Crippen molar-refractivity contribution in [1.29, 1.82) is 0 Å². The van der Waals surface area contributed by atoms with E-state index in [1.807, 2.05) is 0 Å². The summed E-state index contributed by atoms with van der Waals surface area (Å²) in [5.74, 6) is 0. The molecule has 0 aromatic carbocycles. The first kappa shape index (κ1) is 24.4. The van der Waals surface area contributed by atoms with Gasteiger partial charge in [0, 0.05) is 5.41 Å². The van der Waals surface area contributed by atoms with Crippen molar-refractivity contribution >= 4 is 0 Å². The molecule has 0 heterocycles. The standard InChI is InChI=1S/C23H44O2/c1-6-8-10-12-14-16-18-20-24-22(23(3,4)5)25-21-19-17-15-13-11-9-7-2/h16-19,22H,6-15,20-21H2,1-5H3/b18-16-,19-17-. The Kier molecular flexibility index (Phi) is 16.4. The Morgan fingerprint density at radius 2 is 1.08 bits per heavy atom. The summed E-state index contributed by atoms with van der Waals surface area (Å²) >= 11 is 0. The zero-order chi connectivity index (χ0) is 18.8. The van der Waals surface area contributed by atoms with Crippen LogP contribution in [0.3, 0.4) is 0 Å². The van der Waals surface area contributed by atoms with Gasteiger partial charge in [-0.05, 0) is 25.7 Å². The van der Waals surface area contributed by atoms with E-state index in [0.29, 0.717) is 13.2 Å². The summed E-state index contributed by atoms with van der Waals surface area (Å²) in [7, 11) is 0. The van der Waals surface area contributed by atoms with Gasteiger partial charge in [-0.3, -0.25) is 0 Å². The van der Waals surface area contributed by atoms with Crippen molar-refractivity contribution in [2.75, 3.05) is 13.2 Å². The van der Waals surface area contributed by atoms with Crippen LogP contribution in [0.2, 0.25) is 0 Å². The summed E-state index contributed by atoms with van der Waals surface area (Å²) < 4.78 is 11.9. The van der Waals surface area contributed by atoms with Crippen LogP contribution in [0.15, 0.2) is 24.3 Å². The van der Waals surface area contributed by atoms with Gasteiger partial charge in [0.1, 0.15) is 0 Å². The molecule has 25 heavy (non-hydrogen) atoms. The van der Waals surface area contributed by atoms with E-state index in [1.54, 1.807) is 0 Å². The highest BCUT2D eigenvalue weighted by Crippen LogP contribution is 2.23. The van der Waals surface area contributed by atoms with Gasteiger partial charge in [0.15, 0.2) is 6.29 Å². The van der Waals surface area contributed by atoms with Crippen LogP contribution in [0.1, 0.15) is 98.8 Å². The van der Waals surface area contributed by atoms with E-state index in [4.69, 9.17) is 9.47 Å². The van der Waals surface area contributed by atoms with Gasteiger partial charge in [-0.25, -0.2) is 0 Å². The summed E-state index contributed by atoms with van der Waals surface area (Å²) in [6, 6.07) is 0. The SMILES string of the molecule is CCCCCC/C=C\COC(OC/C=C\CCCCCC)C(C)(C)C. The molecule has 2 heteroatoms. The highest BCUT2D eigenvalue weighted by atomic mass is 16.7. The molecule has 0 atom stereocenters. The number of rotatable bonds is 16. The maximum Gasteiger partial charge on any atom is 0.163 e. The van der Waals surface area contributed by atoms with Gasteiger partial charge in [0.2, 0.25) is 0 Å². The second-order valence-electron chi connectivity index (χ2n) is 8.01. The molecular formula is C23H44O2. The fourth-order valence-electron chi connectivity index (χ4n) is 2.58. The molecule has 0 saturated carbocycles. The third-order valence-corrected chi connectivity index (χ3v) is 4.18. The minimum absolute atomic E-state index is 0.00999. The third-order valence-electron chi connectivity index (χ3n) is 4.18. The molecule has 0 rings (SSSR count). The van der Waals surface area contributed by atoms with Gasteiger partial charge in [-0.2, -0.15) is 0 Å². The topological polar surface area (TPSA) is 18.5 Å². The molecule has 0 saturated heterocycles. The summed E-state index contributed by atoms with van der Waals surface area (Å²) in [4.78, 5) is 0. The lowest BCUT2D eigenvalue weighted by atomic mass is 9.96. The van der Waals surface area contributed by atoms with Crippen LogP contribution < -0.4 is 0 Å². The third kappa shape index (κ3) is 16.6. The lowest BCUT2D eigenvalue weighted by Gasteiger charge is -2.29. The monoisotopic (exact) mass is 352 g/mol. The maximum atomic E-state index is 5.95. The average molecular weight is 353 g/mol. The van der Waals surface area contributed by atoms with Crippen molar-refractivity contribution in [2.24, 2.45) is 5.41 Å². The Morgan fingerprint density at radius 3 is 1.44 bits per heavy atom. The van der Waals surface area contributed by atoms with Gasteiger partial charge in [0.25, 0.3) is 0 Å². The molecule has 0 aliphatic carbocycles. The number of unbranched alkanes of at least 4 members (excludes halogenated alkanes) is 8. The summed E-state index contributed by atoms with van der Waals surface area (Å²) in [6.45, 7) is 12.3. The zero-order valence-corrected chi connectivity index (χ0v) is 17.7. The first-order valence-corrected chi connectivity index (χ1v) is 10.6. The van der Waals surface area contributed by atoms with E-state index in [9.17, 15) is 0 Å². The van der Waals surface area contributed by atoms with Gasteiger partial charge in [0.05, 0.1) is 13.2 Å². The molecule has 0 spiro atoms. The number of allylic oxidation sites excluding steroid dienone is 2. The minimum Gasteiger partial charge on any atom is -0.348 e. The molecule has 0 aromatic rings. The molecule has 0 aromatic heterocycles. The van der Waals surface area contributed by atoms with E-state index in [0.717, 1.165) is 12.8 Å². The van der Waals surface area contributed by atoms with Crippen molar-refractivity contribution in [3.63, 3.8) is 0 Å². The number of ether oxygens (including phenoxy) is 2. The molecule has 0 radical (unpaired) electrons. The Morgan fingerprint density at radius 1 is 0.640 bits per heavy atom. The average Bonchev–Trinajstić information content (AvgIpc) is 2.56. The molecule has 148 valence electrons. The predicted molar refractivity (Wildman–Crippen MR) is 111 cm³/mol. The van der Waals surface area contributed by atoms with Gasteiger partial charge >= 0.3 is 0 Å². The minimum atomic E-state index is -0.165. The van der Waals surface area contributed by atoms with Gasteiger partial charge in [-0.1, -0.05) is 97.4 Å². The van der Waals surface area contributed by atoms with Crippen LogP contribution in [0.4, 0.5) is 0 Å². The Hall–Kier alpha value is -0.600. The van der Waals surface area contributed by atoms with Crippen LogP contribution in [-0.4, -0.2) is 19.5 Å². The Labute approximate surface area is 158 Å². The summed E-state index contributed by atoms with van der Waals surface area (Å²) in [5, 5.41) is 0. The largest absolute Gasteiger partial charge is 0.348 e. The number of hydrogen-bond donors (Lipinski definition) is 0. The first-order valence-electron chi connectivity index (χ1n) is 10.6. The van der Waals surface area contributed by atoms with E-state index in [-0.39, 0.29) is 11.7 Å². The molecule has 0 fully saturated rings. The van der Waals surface area contributed by atoms with E-state index < -0.39 is 0 Å². The quantitative estimate of drug-likeness (QED) is 0.163. The second-order valence-corrected chi connectivity index (χ2v) is 8.01. The molecule has 0 amide bonds. The zero-order valence-electron chi connectivity index (χ0n) is 17.7. The molecular weight excluding hydrogens is 308 g/mol. The molecule has 0 N–H and O–H groups in total. The highest BCUT2D eigenvalue weighted by Gasteiger charge is 2.25. The smallest absolute Gasteiger partial charge is 0.163 e. The number of hydrogen-bond acceptors (Lipinski definition) is 2. The molecule has 0 unspecified atom stereocenters. The lowest BCUT2D eigenvalue weighted by molar-refractivity contribution is -0.181. The molecule has 0 aliphatic heterocycles. The van der Waals surface area contributed by atoms with E-state index in [1.165, 1.54) is 51.4 Å². The van der Waals surface area contributed by atoms with Crippen LogP contribution in [0.5, 0.6) is 0 Å². The molecule has 0 aliphatic rings. The first-order chi connectivity index (χ1) is 12.0. The second kappa shape index (κ2) is 16.8. The van der Waals surface area contributed by atoms with Crippen molar-refractivity contribution in [1.82, 2.24) is 0 Å².